The van der Waals surface area contributed by atoms with Crippen molar-refractivity contribution in [2.45, 2.75) is 199 Å². The number of aliphatic hydroxyl groups is 2. The Morgan fingerprint density at radius 1 is 0.564 bits per heavy atom. The molecule has 0 saturated carbocycles. The summed E-state index contributed by atoms with van der Waals surface area (Å²) in [5.41, 5.74) is 0. The van der Waals surface area contributed by atoms with Gasteiger partial charge in [0.05, 0.1) is 26.4 Å². The molecule has 0 aliphatic rings. The molecule has 3 unspecified atom stereocenters. The number of aliphatic hydroxyl groups excluding tert-OH is 2. The van der Waals surface area contributed by atoms with Crippen molar-refractivity contribution in [3.63, 3.8) is 0 Å². The van der Waals surface area contributed by atoms with Crippen molar-refractivity contribution in [2.75, 3.05) is 33.0 Å². The molecule has 0 aliphatic heterocycles. The fraction of sp³-hybridized carbons (Fsp3) is 0.800. The lowest BCUT2D eigenvalue weighted by molar-refractivity contribution is -0.154. The lowest BCUT2D eigenvalue weighted by Gasteiger charge is -2.20. The van der Waals surface area contributed by atoms with Gasteiger partial charge in [0.15, 0.2) is 0 Å². The van der Waals surface area contributed by atoms with Crippen LogP contribution < -0.4 is 0 Å². The summed E-state index contributed by atoms with van der Waals surface area (Å²) >= 11 is 0. The summed E-state index contributed by atoms with van der Waals surface area (Å²) < 4.78 is 33.3. The number of allylic oxidation sites excluding steroid dienone is 8. The van der Waals surface area contributed by atoms with Crippen molar-refractivity contribution in [1.82, 2.24) is 0 Å². The van der Waals surface area contributed by atoms with Crippen molar-refractivity contribution >= 4 is 13.8 Å². The first kappa shape index (κ1) is 53.4. The number of rotatable bonds is 42. The third kappa shape index (κ3) is 41.9. The standard InChI is InChI=1S/C45H83O9P/c1-3-5-7-9-11-13-15-16-17-18-19-20-21-22-23-24-25-26-27-28-30-32-34-36-38-51-41-44(42-53-55(49,50)52-40-43(47)39-46)54-45(48)37-35-33-31-29-14-12-10-8-6-4-2/h8,10,15-16,18-19,21-22,43-44,46-47H,3-7,9,11-14,17,20,23-42H2,1-2H3,(H,49,50)/b10-8-,16-15-,19-18-,22-21-. The van der Waals surface area contributed by atoms with Gasteiger partial charge in [0, 0.05) is 13.0 Å². The number of unbranched alkanes of at least 4 members (excludes halogenated alkanes) is 20. The highest BCUT2D eigenvalue weighted by Crippen LogP contribution is 2.43. The van der Waals surface area contributed by atoms with Crippen LogP contribution in [0.5, 0.6) is 0 Å². The molecule has 0 spiro atoms. The van der Waals surface area contributed by atoms with Crippen LogP contribution >= 0.6 is 7.82 Å². The van der Waals surface area contributed by atoms with Crippen LogP contribution in [0.2, 0.25) is 0 Å². The van der Waals surface area contributed by atoms with Gasteiger partial charge in [0.25, 0.3) is 0 Å². The van der Waals surface area contributed by atoms with E-state index in [4.69, 9.17) is 23.6 Å². The van der Waals surface area contributed by atoms with E-state index in [-0.39, 0.29) is 19.6 Å². The SMILES string of the molecule is CCC/C=C\CCCCCCCC(=O)OC(COCCCCCCCCCCC/C=C\C/C=C\C/C=C\CCCCCCC)COP(=O)(O)OCC(O)CO. The van der Waals surface area contributed by atoms with E-state index in [1.54, 1.807) is 0 Å². The number of hydrogen-bond donors (Lipinski definition) is 3. The molecule has 0 aromatic rings. The van der Waals surface area contributed by atoms with Crippen LogP contribution in [0.25, 0.3) is 0 Å². The van der Waals surface area contributed by atoms with Crippen molar-refractivity contribution in [2.24, 2.45) is 0 Å². The zero-order valence-electron chi connectivity index (χ0n) is 35.1. The number of esters is 1. The van der Waals surface area contributed by atoms with E-state index in [9.17, 15) is 19.4 Å². The van der Waals surface area contributed by atoms with Gasteiger partial charge in [-0.3, -0.25) is 13.8 Å². The maximum absolute atomic E-state index is 12.5. The Bertz CT molecular complexity index is 997. The van der Waals surface area contributed by atoms with Gasteiger partial charge >= 0.3 is 13.8 Å². The number of carbonyl (C=O) groups is 1. The molecule has 0 aromatic heterocycles. The van der Waals surface area contributed by atoms with Crippen molar-refractivity contribution in [3.05, 3.63) is 48.6 Å². The van der Waals surface area contributed by atoms with Gasteiger partial charge in [-0.25, -0.2) is 4.57 Å². The van der Waals surface area contributed by atoms with Gasteiger partial charge in [-0.2, -0.15) is 0 Å². The van der Waals surface area contributed by atoms with E-state index in [0.29, 0.717) is 13.0 Å². The fourth-order valence-corrected chi connectivity index (χ4v) is 6.62. The van der Waals surface area contributed by atoms with Crippen LogP contribution in [0.3, 0.4) is 0 Å². The van der Waals surface area contributed by atoms with Gasteiger partial charge < -0.3 is 24.6 Å². The van der Waals surface area contributed by atoms with Crippen molar-refractivity contribution in [3.8, 4) is 0 Å². The first-order valence-electron chi connectivity index (χ1n) is 22.1. The summed E-state index contributed by atoms with van der Waals surface area (Å²) in [5.74, 6) is -0.397. The third-order valence-electron chi connectivity index (χ3n) is 9.22. The molecule has 55 heavy (non-hydrogen) atoms. The summed E-state index contributed by atoms with van der Waals surface area (Å²) in [7, 11) is -4.52. The van der Waals surface area contributed by atoms with Crippen LogP contribution in [0.1, 0.15) is 187 Å². The topological polar surface area (TPSA) is 132 Å². The minimum Gasteiger partial charge on any atom is -0.457 e. The summed E-state index contributed by atoms with van der Waals surface area (Å²) in [4.78, 5) is 22.5. The Hall–Kier alpha value is -1.58. The Morgan fingerprint density at radius 3 is 1.56 bits per heavy atom. The molecule has 0 bridgehead atoms. The molecule has 322 valence electrons. The maximum Gasteiger partial charge on any atom is 0.472 e. The molecule has 0 heterocycles. The molecule has 3 N–H and O–H groups in total. The Labute approximate surface area is 337 Å². The molecule has 0 aliphatic carbocycles. The van der Waals surface area contributed by atoms with Crippen LogP contribution in [-0.4, -0.2) is 66.3 Å². The highest BCUT2D eigenvalue weighted by atomic mass is 31.2. The lowest BCUT2D eigenvalue weighted by atomic mass is 10.1. The average Bonchev–Trinajstić information content (AvgIpc) is 3.18. The van der Waals surface area contributed by atoms with E-state index in [1.807, 2.05) is 0 Å². The second kappa shape index (κ2) is 42.0. The van der Waals surface area contributed by atoms with Gasteiger partial charge in [-0.15, -0.1) is 0 Å². The van der Waals surface area contributed by atoms with Gasteiger partial charge in [0.2, 0.25) is 0 Å². The number of phosphoric acid groups is 1. The highest BCUT2D eigenvalue weighted by molar-refractivity contribution is 7.47. The fourth-order valence-electron chi connectivity index (χ4n) is 5.83. The molecule has 0 amide bonds. The van der Waals surface area contributed by atoms with E-state index >= 15 is 0 Å². The van der Waals surface area contributed by atoms with E-state index in [1.165, 1.54) is 83.5 Å². The molecule has 0 fully saturated rings. The number of hydrogen-bond acceptors (Lipinski definition) is 8. The van der Waals surface area contributed by atoms with Crippen molar-refractivity contribution < 1.29 is 43.0 Å². The first-order valence-corrected chi connectivity index (χ1v) is 23.6. The first-order chi connectivity index (χ1) is 26.8. The van der Waals surface area contributed by atoms with E-state index in [2.05, 4.69) is 62.5 Å². The zero-order valence-corrected chi connectivity index (χ0v) is 36.0. The smallest absolute Gasteiger partial charge is 0.457 e. The van der Waals surface area contributed by atoms with Gasteiger partial charge in [0.1, 0.15) is 12.2 Å². The van der Waals surface area contributed by atoms with Crippen LogP contribution in [0.15, 0.2) is 48.6 Å². The van der Waals surface area contributed by atoms with Gasteiger partial charge in [-0.1, -0.05) is 159 Å². The predicted octanol–water partition coefficient (Wildman–Crippen LogP) is 12.2. The summed E-state index contributed by atoms with van der Waals surface area (Å²) in [6, 6.07) is 0. The lowest BCUT2D eigenvalue weighted by Crippen LogP contribution is -2.29. The molecule has 10 heteroatoms. The number of carbonyl (C=O) groups excluding carboxylic acids is 1. The van der Waals surface area contributed by atoms with E-state index < -0.39 is 39.2 Å². The third-order valence-corrected chi connectivity index (χ3v) is 10.2. The van der Waals surface area contributed by atoms with Crippen LogP contribution in [0.4, 0.5) is 0 Å². The number of ether oxygens (including phenoxy) is 2. The minimum atomic E-state index is -4.52. The molecule has 0 saturated heterocycles. The Kier molecular flexibility index (Phi) is 40.8. The second-order valence-electron chi connectivity index (χ2n) is 14.7. The van der Waals surface area contributed by atoms with Crippen LogP contribution in [0, 0.1) is 0 Å². The monoisotopic (exact) mass is 799 g/mol. The zero-order chi connectivity index (χ0) is 40.3. The second-order valence-corrected chi connectivity index (χ2v) is 16.2. The molecule has 0 rings (SSSR count). The molecular weight excluding hydrogens is 715 g/mol. The van der Waals surface area contributed by atoms with Crippen LogP contribution in [-0.2, 0) is 27.9 Å². The normalized spacial score (nSPS) is 14.5. The average molecular weight is 799 g/mol. The van der Waals surface area contributed by atoms with E-state index in [0.717, 1.165) is 77.0 Å². The van der Waals surface area contributed by atoms with Crippen molar-refractivity contribution in [1.29, 1.82) is 0 Å². The predicted molar refractivity (Wildman–Crippen MR) is 228 cm³/mol. The quantitative estimate of drug-likeness (QED) is 0.0239. The molecule has 0 aromatic carbocycles. The summed E-state index contributed by atoms with van der Waals surface area (Å²) in [6.07, 6.45) is 46.5. The molecule has 0 radical (unpaired) electrons. The molecule has 3 atom stereocenters. The Morgan fingerprint density at radius 2 is 1.02 bits per heavy atom. The molecule has 9 nitrogen and oxygen atoms in total. The minimum absolute atomic E-state index is 0.0411. The summed E-state index contributed by atoms with van der Waals surface area (Å²) in [6.45, 7) is 3.41. The Balaban J connectivity index is 4.06. The molecular formula is C45H83O9P. The maximum atomic E-state index is 12.5. The number of phosphoric ester groups is 1. The largest absolute Gasteiger partial charge is 0.472 e. The summed E-state index contributed by atoms with van der Waals surface area (Å²) in [5, 5.41) is 18.3. The highest BCUT2D eigenvalue weighted by Gasteiger charge is 2.26. The van der Waals surface area contributed by atoms with Gasteiger partial charge in [-0.05, 0) is 70.6 Å².